The molecule has 1 saturated heterocycles. The molecule has 2 atom stereocenters. The fraction of sp³-hybridized carbons (Fsp3) is 0.318. The van der Waals surface area contributed by atoms with E-state index < -0.39 is 0 Å². The Labute approximate surface area is 179 Å². The molecule has 0 saturated carbocycles. The van der Waals surface area contributed by atoms with Crippen molar-refractivity contribution >= 4 is 17.0 Å². The lowest BCUT2D eigenvalue weighted by atomic mass is 10.1. The zero-order chi connectivity index (χ0) is 21.2. The van der Waals surface area contributed by atoms with Gasteiger partial charge >= 0.3 is 0 Å². The molecule has 0 aliphatic carbocycles. The summed E-state index contributed by atoms with van der Waals surface area (Å²) in [6, 6.07) is 10.4. The average molecular weight is 418 g/mol. The Balaban J connectivity index is 1.35. The normalized spacial score (nSPS) is 18.7. The third kappa shape index (κ3) is 4.01. The molecule has 4 heterocycles. The van der Waals surface area contributed by atoms with Gasteiger partial charge in [0, 0.05) is 19.2 Å². The number of nitrogen functional groups attached to an aromatic ring is 1. The molecule has 9 heteroatoms. The molecule has 1 aliphatic heterocycles. The lowest BCUT2D eigenvalue weighted by molar-refractivity contribution is -0.0140. The zero-order valence-corrected chi connectivity index (χ0v) is 17.0. The summed E-state index contributed by atoms with van der Waals surface area (Å²) < 4.78 is 9.55. The maximum absolute atomic E-state index is 9.34. The summed E-state index contributed by atoms with van der Waals surface area (Å²) in [5, 5.41) is 13.8. The van der Waals surface area contributed by atoms with Crippen molar-refractivity contribution in [1.29, 1.82) is 0 Å². The summed E-state index contributed by atoms with van der Waals surface area (Å²) in [7, 11) is 0. The molecular formula is C22H24N7O2. The van der Waals surface area contributed by atoms with Crippen LogP contribution in [0.25, 0.3) is 22.6 Å². The summed E-state index contributed by atoms with van der Waals surface area (Å²) in [5.41, 5.74) is 9.41. The minimum Gasteiger partial charge on any atom is -0.394 e. The summed E-state index contributed by atoms with van der Waals surface area (Å²) in [6.45, 7) is 0.781. The number of aliphatic hydroxyl groups excluding tert-OH is 1. The number of rotatable bonds is 7. The molecule has 3 aromatic heterocycles. The Morgan fingerprint density at radius 2 is 2.06 bits per heavy atom. The Morgan fingerprint density at radius 3 is 2.87 bits per heavy atom. The molecule has 1 aromatic carbocycles. The number of nitrogens with zero attached hydrogens (tertiary/aromatic N) is 6. The number of fused-ring (bicyclic) bond motifs is 1. The number of nitrogens with two attached hydrogens (primary N) is 1. The van der Waals surface area contributed by atoms with Crippen molar-refractivity contribution in [2.45, 2.75) is 38.1 Å². The fourth-order valence-corrected chi connectivity index (χ4v) is 3.82. The summed E-state index contributed by atoms with van der Waals surface area (Å²) in [4.78, 5) is 13.5. The van der Waals surface area contributed by atoms with Crippen LogP contribution in [0.5, 0.6) is 0 Å². The van der Waals surface area contributed by atoms with Crippen molar-refractivity contribution < 1.29 is 9.84 Å². The average Bonchev–Trinajstić information content (AvgIpc) is 3.53. The molecule has 5 rings (SSSR count). The minimum atomic E-state index is -0.343. The molecule has 3 N–H and O–H groups in total. The van der Waals surface area contributed by atoms with Gasteiger partial charge in [-0.15, -0.1) is 0 Å². The van der Waals surface area contributed by atoms with Crippen LogP contribution in [-0.2, 0) is 17.7 Å². The highest BCUT2D eigenvalue weighted by atomic mass is 16.5. The number of hydrogen-bond donors (Lipinski definition) is 2. The maximum atomic E-state index is 9.34. The van der Waals surface area contributed by atoms with Gasteiger partial charge in [-0.1, -0.05) is 30.3 Å². The van der Waals surface area contributed by atoms with Gasteiger partial charge in [-0.3, -0.25) is 9.25 Å². The van der Waals surface area contributed by atoms with Crippen LogP contribution in [0, 0.1) is 6.42 Å². The van der Waals surface area contributed by atoms with Gasteiger partial charge in [0.2, 0.25) is 0 Å². The van der Waals surface area contributed by atoms with Gasteiger partial charge in [0.1, 0.15) is 11.7 Å². The van der Waals surface area contributed by atoms with E-state index in [1.54, 1.807) is 12.5 Å². The predicted octanol–water partition coefficient (Wildman–Crippen LogP) is 2.39. The second kappa shape index (κ2) is 8.44. The van der Waals surface area contributed by atoms with Crippen LogP contribution in [-0.4, -0.2) is 47.1 Å². The summed E-state index contributed by atoms with van der Waals surface area (Å²) in [6.07, 6.45) is 9.43. The molecule has 2 unspecified atom stereocenters. The first-order chi connectivity index (χ1) is 15.2. The van der Waals surface area contributed by atoms with Crippen LogP contribution in [0.15, 0.2) is 49.1 Å². The largest absolute Gasteiger partial charge is 0.394 e. The van der Waals surface area contributed by atoms with E-state index in [0.717, 1.165) is 24.9 Å². The number of anilines is 1. The van der Waals surface area contributed by atoms with E-state index >= 15 is 0 Å². The van der Waals surface area contributed by atoms with Crippen LogP contribution in [0.1, 0.15) is 24.6 Å². The SMILES string of the molecule is Nc1nc(-c2cnn(CCCc3ccccc3)c2)nc2c1ncn2C1[CH]CC(CO)O1. The van der Waals surface area contributed by atoms with Crippen molar-refractivity contribution in [3.63, 3.8) is 0 Å². The Bertz CT molecular complexity index is 1170. The van der Waals surface area contributed by atoms with E-state index in [1.165, 1.54) is 5.56 Å². The number of benzene rings is 1. The Kier molecular flexibility index (Phi) is 5.35. The van der Waals surface area contributed by atoms with E-state index in [4.69, 9.17) is 15.5 Å². The first kappa shape index (κ1) is 19.7. The molecule has 0 bridgehead atoms. The summed E-state index contributed by atoms with van der Waals surface area (Å²) >= 11 is 0. The monoisotopic (exact) mass is 418 g/mol. The van der Waals surface area contributed by atoms with Crippen molar-refractivity contribution in [3.05, 3.63) is 61.0 Å². The number of aryl methyl sites for hydroxylation is 2. The predicted molar refractivity (Wildman–Crippen MR) is 116 cm³/mol. The molecule has 0 amide bonds. The fourth-order valence-electron chi connectivity index (χ4n) is 3.82. The number of imidazole rings is 1. The topological polar surface area (TPSA) is 117 Å². The van der Waals surface area contributed by atoms with Gasteiger partial charge in [-0.2, -0.15) is 5.10 Å². The van der Waals surface area contributed by atoms with Gasteiger partial charge in [0.05, 0.1) is 30.8 Å². The highest BCUT2D eigenvalue weighted by Gasteiger charge is 2.28. The van der Waals surface area contributed by atoms with Gasteiger partial charge < -0.3 is 15.6 Å². The van der Waals surface area contributed by atoms with E-state index in [9.17, 15) is 5.11 Å². The van der Waals surface area contributed by atoms with Crippen LogP contribution in [0.2, 0.25) is 0 Å². The number of hydrogen-bond acceptors (Lipinski definition) is 7. The molecule has 0 spiro atoms. The smallest absolute Gasteiger partial charge is 0.168 e. The third-order valence-corrected chi connectivity index (χ3v) is 5.45. The third-order valence-electron chi connectivity index (χ3n) is 5.45. The van der Waals surface area contributed by atoms with Crippen LogP contribution in [0.3, 0.4) is 0 Å². The highest BCUT2D eigenvalue weighted by molar-refractivity contribution is 5.83. The van der Waals surface area contributed by atoms with Crippen molar-refractivity contribution in [2.24, 2.45) is 0 Å². The molecule has 1 fully saturated rings. The van der Waals surface area contributed by atoms with E-state index in [2.05, 4.69) is 39.3 Å². The lowest BCUT2D eigenvalue weighted by Gasteiger charge is -2.14. The molecule has 31 heavy (non-hydrogen) atoms. The van der Waals surface area contributed by atoms with Gasteiger partial charge in [-0.05, 0) is 24.8 Å². The van der Waals surface area contributed by atoms with Crippen LogP contribution < -0.4 is 5.73 Å². The van der Waals surface area contributed by atoms with Gasteiger partial charge in [0.15, 0.2) is 17.3 Å². The van der Waals surface area contributed by atoms with Crippen molar-refractivity contribution in [3.8, 4) is 11.4 Å². The van der Waals surface area contributed by atoms with Crippen molar-refractivity contribution in [1.82, 2.24) is 29.3 Å². The molecular weight excluding hydrogens is 394 g/mol. The minimum absolute atomic E-state index is 0.0224. The van der Waals surface area contributed by atoms with E-state index in [1.807, 2.05) is 27.9 Å². The van der Waals surface area contributed by atoms with Gasteiger partial charge in [0.25, 0.3) is 0 Å². The zero-order valence-electron chi connectivity index (χ0n) is 17.0. The van der Waals surface area contributed by atoms with Crippen molar-refractivity contribution in [2.75, 3.05) is 12.3 Å². The highest BCUT2D eigenvalue weighted by Crippen LogP contribution is 2.31. The maximum Gasteiger partial charge on any atom is 0.168 e. The quantitative estimate of drug-likeness (QED) is 0.473. The molecule has 1 aliphatic rings. The van der Waals surface area contributed by atoms with Crippen LogP contribution in [0.4, 0.5) is 5.82 Å². The number of aliphatic hydroxyl groups is 1. The first-order valence-electron chi connectivity index (χ1n) is 10.4. The number of aromatic nitrogens is 6. The Morgan fingerprint density at radius 1 is 1.19 bits per heavy atom. The molecule has 4 aromatic rings. The van der Waals surface area contributed by atoms with E-state index in [-0.39, 0.29) is 18.9 Å². The second-order valence-corrected chi connectivity index (χ2v) is 7.64. The molecule has 159 valence electrons. The standard InChI is InChI=1S/C22H24N7O2/c23-20-19-22(29(14-24-19)18-9-8-17(13-30)31-18)27-21(26-20)16-11-25-28(12-16)10-4-7-15-5-2-1-3-6-15/h1-3,5-6,9,11-12,14,17-18,30H,4,7-8,10,13H2,(H2,23,26,27). The molecule has 9 nitrogen and oxygen atoms in total. The Hall–Kier alpha value is -3.30. The lowest BCUT2D eigenvalue weighted by Crippen LogP contribution is -2.14. The van der Waals surface area contributed by atoms with Crippen LogP contribution >= 0.6 is 0 Å². The second-order valence-electron chi connectivity index (χ2n) is 7.64. The van der Waals surface area contributed by atoms with E-state index in [0.29, 0.717) is 29.2 Å². The van der Waals surface area contributed by atoms with Gasteiger partial charge in [-0.25, -0.2) is 15.0 Å². The first-order valence-corrected chi connectivity index (χ1v) is 10.4. The number of ether oxygens (including phenoxy) is 1. The molecule has 1 radical (unpaired) electrons. The summed E-state index contributed by atoms with van der Waals surface area (Å²) in [5.74, 6) is 0.810.